The van der Waals surface area contributed by atoms with Crippen LogP contribution in [-0.4, -0.2) is 14.5 Å². The Labute approximate surface area is 77.8 Å². The van der Waals surface area contributed by atoms with Gasteiger partial charge < -0.3 is 9.51 Å². The van der Waals surface area contributed by atoms with E-state index in [2.05, 4.69) is 20.9 Å². The van der Waals surface area contributed by atoms with Gasteiger partial charge in [-0.1, -0.05) is 0 Å². The molecule has 0 unspecified atom stereocenters. The number of aliphatic hydroxyl groups excluding tert-OH is 1. The van der Waals surface area contributed by atoms with Crippen molar-refractivity contribution in [3.63, 3.8) is 0 Å². The topological polar surface area (TPSA) is 37.5 Å². The van der Waals surface area contributed by atoms with Crippen molar-refractivity contribution in [1.82, 2.24) is 9.38 Å². The third-order valence-corrected chi connectivity index (χ3v) is 2.13. The second kappa shape index (κ2) is 2.88. The van der Waals surface area contributed by atoms with Crippen LogP contribution >= 0.6 is 15.9 Å². The third-order valence-electron chi connectivity index (χ3n) is 1.70. The van der Waals surface area contributed by atoms with Gasteiger partial charge in [0.05, 0.1) is 6.61 Å². The summed E-state index contributed by atoms with van der Waals surface area (Å²) < 4.78 is 2.81. The first kappa shape index (κ1) is 7.76. The van der Waals surface area contributed by atoms with E-state index < -0.39 is 0 Å². The largest absolute Gasteiger partial charge is 0.392 e. The van der Waals surface area contributed by atoms with E-state index in [-0.39, 0.29) is 6.61 Å². The van der Waals surface area contributed by atoms with Crippen LogP contribution in [0.2, 0.25) is 0 Å². The van der Waals surface area contributed by atoms with E-state index in [4.69, 9.17) is 5.11 Å². The molecule has 12 heavy (non-hydrogen) atoms. The molecule has 0 aliphatic carbocycles. The Bertz CT molecular complexity index is 410. The Morgan fingerprint density at radius 2 is 2.42 bits per heavy atom. The number of rotatable bonds is 1. The molecule has 2 aromatic rings. The Balaban J connectivity index is 2.80. The lowest BCUT2D eigenvalue weighted by Gasteiger charge is -2.00. The van der Waals surface area contributed by atoms with Crippen molar-refractivity contribution < 1.29 is 5.11 Å². The first-order valence-electron chi connectivity index (χ1n) is 3.53. The van der Waals surface area contributed by atoms with Crippen LogP contribution in [0, 0.1) is 0 Å². The minimum absolute atomic E-state index is 0.0138. The van der Waals surface area contributed by atoms with E-state index in [0.29, 0.717) is 0 Å². The summed E-state index contributed by atoms with van der Waals surface area (Å²) >= 11 is 3.35. The number of imidazole rings is 1. The highest BCUT2D eigenvalue weighted by Gasteiger charge is 2.01. The summed E-state index contributed by atoms with van der Waals surface area (Å²) in [5, 5.41) is 9.00. The van der Waals surface area contributed by atoms with E-state index in [1.807, 2.05) is 22.9 Å². The molecule has 3 nitrogen and oxygen atoms in total. The van der Waals surface area contributed by atoms with E-state index in [9.17, 15) is 0 Å². The first-order chi connectivity index (χ1) is 5.81. The lowest BCUT2D eigenvalue weighted by atomic mass is 10.3. The fourth-order valence-corrected chi connectivity index (χ4v) is 1.68. The summed E-state index contributed by atoms with van der Waals surface area (Å²) in [6, 6.07) is 1.86. The molecule has 2 rings (SSSR count). The Hall–Kier alpha value is -0.870. The summed E-state index contributed by atoms with van der Waals surface area (Å²) in [5.74, 6) is 0. The normalized spacial score (nSPS) is 10.8. The van der Waals surface area contributed by atoms with Crippen LogP contribution in [0.3, 0.4) is 0 Å². The molecule has 4 heteroatoms. The van der Waals surface area contributed by atoms with Gasteiger partial charge in [-0.2, -0.15) is 0 Å². The number of hydrogen-bond acceptors (Lipinski definition) is 2. The number of aromatic nitrogens is 2. The molecule has 0 saturated carbocycles. The fourth-order valence-electron chi connectivity index (χ4n) is 1.18. The van der Waals surface area contributed by atoms with Crippen molar-refractivity contribution in [2.45, 2.75) is 6.61 Å². The maximum Gasteiger partial charge on any atom is 0.142 e. The minimum Gasteiger partial charge on any atom is -0.392 e. The average molecular weight is 227 g/mol. The molecule has 0 bridgehead atoms. The molecule has 0 aliphatic heterocycles. The predicted octanol–water partition coefficient (Wildman–Crippen LogP) is 1.59. The molecule has 0 spiro atoms. The van der Waals surface area contributed by atoms with Crippen LogP contribution in [0.4, 0.5) is 0 Å². The van der Waals surface area contributed by atoms with Gasteiger partial charge in [-0.15, -0.1) is 0 Å². The lowest BCUT2D eigenvalue weighted by molar-refractivity contribution is 0.282. The summed E-state index contributed by atoms with van der Waals surface area (Å²) in [6.45, 7) is 0.0138. The van der Waals surface area contributed by atoms with Crippen molar-refractivity contribution in [2.75, 3.05) is 0 Å². The Morgan fingerprint density at radius 3 is 3.17 bits per heavy atom. The second-order valence-electron chi connectivity index (χ2n) is 2.50. The number of pyridine rings is 1. The smallest absolute Gasteiger partial charge is 0.142 e. The van der Waals surface area contributed by atoms with Gasteiger partial charge in [-0.25, -0.2) is 4.98 Å². The quantitative estimate of drug-likeness (QED) is 0.803. The predicted molar refractivity (Wildman–Crippen MR) is 48.8 cm³/mol. The maximum absolute atomic E-state index is 9.00. The van der Waals surface area contributed by atoms with Crippen LogP contribution in [0.5, 0.6) is 0 Å². The van der Waals surface area contributed by atoms with Crippen LogP contribution in [0.1, 0.15) is 5.56 Å². The lowest BCUT2D eigenvalue weighted by Crippen LogP contribution is -1.91. The summed E-state index contributed by atoms with van der Waals surface area (Å²) in [4.78, 5) is 4.11. The van der Waals surface area contributed by atoms with E-state index in [1.54, 1.807) is 6.20 Å². The highest BCUT2D eigenvalue weighted by molar-refractivity contribution is 9.10. The molecule has 0 aliphatic rings. The van der Waals surface area contributed by atoms with E-state index >= 15 is 0 Å². The second-order valence-corrected chi connectivity index (χ2v) is 3.42. The van der Waals surface area contributed by atoms with Gasteiger partial charge >= 0.3 is 0 Å². The molecular formula is C8H7BrN2O. The third kappa shape index (κ3) is 1.13. The molecule has 2 aromatic heterocycles. The van der Waals surface area contributed by atoms with Crippen LogP contribution in [0.15, 0.2) is 29.1 Å². The monoisotopic (exact) mass is 226 g/mol. The number of hydrogen-bond donors (Lipinski definition) is 1. The number of aliphatic hydroxyl groups is 1. The molecule has 0 fully saturated rings. The van der Waals surface area contributed by atoms with Gasteiger partial charge in [0.1, 0.15) is 5.65 Å². The molecule has 2 heterocycles. The zero-order valence-electron chi connectivity index (χ0n) is 6.24. The molecule has 0 radical (unpaired) electrons. The Kier molecular flexibility index (Phi) is 1.86. The number of nitrogens with zero attached hydrogens (tertiary/aromatic N) is 2. The van der Waals surface area contributed by atoms with Gasteiger partial charge in [0.15, 0.2) is 0 Å². The van der Waals surface area contributed by atoms with E-state index in [0.717, 1.165) is 15.7 Å². The molecule has 1 N–H and O–H groups in total. The van der Waals surface area contributed by atoms with Gasteiger partial charge in [0, 0.05) is 28.6 Å². The van der Waals surface area contributed by atoms with Crippen LogP contribution in [-0.2, 0) is 6.61 Å². The first-order valence-corrected chi connectivity index (χ1v) is 4.32. The van der Waals surface area contributed by atoms with Crippen molar-refractivity contribution in [2.24, 2.45) is 0 Å². The van der Waals surface area contributed by atoms with Crippen LogP contribution in [0.25, 0.3) is 5.65 Å². The van der Waals surface area contributed by atoms with E-state index in [1.165, 1.54) is 0 Å². The summed E-state index contributed by atoms with van der Waals surface area (Å²) in [7, 11) is 0. The Morgan fingerprint density at radius 1 is 1.58 bits per heavy atom. The van der Waals surface area contributed by atoms with Crippen molar-refractivity contribution in [3.05, 3.63) is 34.7 Å². The fraction of sp³-hybridized carbons (Fsp3) is 0.125. The van der Waals surface area contributed by atoms with Gasteiger partial charge in [-0.05, 0) is 22.0 Å². The number of halogens is 1. The summed E-state index contributed by atoms with van der Waals surface area (Å²) in [5.41, 5.74) is 1.63. The average Bonchev–Trinajstić information content (AvgIpc) is 2.50. The van der Waals surface area contributed by atoms with Crippen molar-refractivity contribution in [1.29, 1.82) is 0 Å². The van der Waals surface area contributed by atoms with Crippen LogP contribution < -0.4 is 0 Å². The van der Waals surface area contributed by atoms with Crippen molar-refractivity contribution >= 4 is 21.6 Å². The highest BCUT2D eigenvalue weighted by Crippen LogP contribution is 2.16. The zero-order valence-corrected chi connectivity index (χ0v) is 7.82. The minimum atomic E-state index is 0.0138. The molecule has 0 amide bonds. The van der Waals surface area contributed by atoms with Gasteiger partial charge in [-0.3, -0.25) is 0 Å². The highest BCUT2D eigenvalue weighted by atomic mass is 79.9. The molecule has 0 atom stereocenters. The zero-order chi connectivity index (χ0) is 8.55. The SMILES string of the molecule is OCc1cc(Br)cn2ccnc12. The summed E-state index contributed by atoms with van der Waals surface area (Å²) in [6.07, 6.45) is 5.46. The standard InChI is InChI=1S/C8H7BrN2O/c9-7-3-6(5-12)8-10-1-2-11(8)4-7/h1-4,12H,5H2. The molecule has 0 aromatic carbocycles. The molecular weight excluding hydrogens is 220 g/mol. The van der Waals surface area contributed by atoms with Gasteiger partial charge in [0.2, 0.25) is 0 Å². The van der Waals surface area contributed by atoms with Crippen molar-refractivity contribution in [3.8, 4) is 0 Å². The molecule has 0 saturated heterocycles. The molecule has 62 valence electrons. The van der Waals surface area contributed by atoms with Gasteiger partial charge in [0.25, 0.3) is 0 Å². The number of fused-ring (bicyclic) bond motifs is 1. The maximum atomic E-state index is 9.00.